The summed E-state index contributed by atoms with van der Waals surface area (Å²) in [7, 11) is 0. The fourth-order valence-electron chi connectivity index (χ4n) is 2.59. The first-order chi connectivity index (χ1) is 10.3. The third kappa shape index (κ3) is 3.78. The molecule has 1 aliphatic rings. The maximum absolute atomic E-state index is 12.1. The molecule has 5 nitrogen and oxygen atoms in total. The van der Waals surface area contributed by atoms with Gasteiger partial charge in [-0.25, -0.2) is 9.97 Å². The standard InChI is InChI=1S/C15H18N4OS/c20-14(9-12-4-8-21-11-12)18-13-3-1-7-19(10-13)15-16-5-2-6-17-15/h2,4-6,8,11,13H,1,3,7,9-10H2,(H,18,20)/t13-/m1/s1. The molecule has 1 atom stereocenters. The summed E-state index contributed by atoms with van der Waals surface area (Å²) in [5.74, 6) is 0.837. The Morgan fingerprint density at radius 2 is 2.29 bits per heavy atom. The van der Waals surface area contributed by atoms with Gasteiger partial charge in [-0.3, -0.25) is 4.79 Å². The van der Waals surface area contributed by atoms with Gasteiger partial charge in [0.2, 0.25) is 11.9 Å². The number of piperidine rings is 1. The lowest BCUT2D eigenvalue weighted by atomic mass is 10.1. The van der Waals surface area contributed by atoms with Gasteiger partial charge < -0.3 is 10.2 Å². The lowest BCUT2D eigenvalue weighted by Crippen LogP contribution is -2.48. The van der Waals surface area contributed by atoms with Crippen LogP contribution in [0.5, 0.6) is 0 Å². The van der Waals surface area contributed by atoms with E-state index in [1.54, 1.807) is 23.7 Å². The van der Waals surface area contributed by atoms with Gasteiger partial charge in [-0.05, 0) is 41.3 Å². The van der Waals surface area contributed by atoms with Crippen LogP contribution in [0.1, 0.15) is 18.4 Å². The molecule has 0 aliphatic carbocycles. The van der Waals surface area contributed by atoms with Gasteiger partial charge in [0, 0.05) is 31.5 Å². The van der Waals surface area contributed by atoms with E-state index >= 15 is 0 Å². The number of thiophene rings is 1. The average Bonchev–Trinajstić information content (AvgIpc) is 3.01. The van der Waals surface area contributed by atoms with E-state index in [0.717, 1.165) is 37.4 Å². The van der Waals surface area contributed by atoms with Crippen molar-refractivity contribution in [3.05, 3.63) is 40.8 Å². The van der Waals surface area contributed by atoms with E-state index in [-0.39, 0.29) is 11.9 Å². The Bertz CT molecular complexity index is 573. The monoisotopic (exact) mass is 302 g/mol. The second-order valence-electron chi connectivity index (χ2n) is 5.21. The Morgan fingerprint density at radius 1 is 1.43 bits per heavy atom. The lowest BCUT2D eigenvalue weighted by molar-refractivity contribution is -0.121. The summed E-state index contributed by atoms with van der Waals surface area (Å²) in [5.41, 5.74) is 1.08. The van der Waals surface area contributed by atoms with Crippen LogP contribution in [0.25, 0.3) is 0 Å². The Labute approximate surface area is 128 Å². The molecule has 0 bridgehead atoms. The number of anilines is 1. The van der Waals surface area contributed by atoms with E-state index in [9.17, 15) is 4.79 Å². The first-order valence-electron chi connectivity index (χ1n) is 7.13. The molecule has 1 fully saturated rings. The zero-order valence-corrected chi connectivity index (χ0v) is 12.6. The smallest absolute Gasteiger partial charge is 0.225 e. The molecule has 1 saturated heterocycles. The molecule has 0 aromatic carbocycles. The van der Waals surface area contributed by atoms with Crippen LogP contribution in [0.4, 0.5) is 5.95 Å². The predicted molar refractivity (Wildman–Crippen MR) is 83.4 cm³/mol. The van der Waals surface area contributed by atoms with E-state index < -0.39 is 0 Å². The summed E-state index contributed by atoms with van der Waals surface area (Å²) in [4.78, 5) is 22.8. The number of hydrogen-bond donors (Lipinski definition) is 1. The van der Waals surface area contributed by atoms with Crippen molar-refractivity contribution in [2.24, 2.45) is 0 Å². The van der Waals surface area contributed by atoms with Crippen LogP contribution >= 0.6 is 11.3 Å². The van der Waals surface area contributed by atoms with Crippen molar-refractivity contribution in [1.29, 1.82) is 0 Å². The minimum atomic E-state index is 0.0919. The first kappa shape index (κ1) is 14.0. The topological polar surface area (TPSA) is 58.1 Å². The normalized spacial score (nSPS) is 18.5. The number of rotatable bonds is 4. The van der Waals surface area contributed by atoms with Crippen LogP contribution in [0.15, 0.2) is 35.3 Å². The van der Waals surface area contributed by atoms with Crippen molar-refractivity contribution in [2.75, 3.05) is 18.0 Å². The number of aromatic nitrogens is 2. The predicted octanol–water partition coefficient (Wildman–Crippen LogP) is 1.87. The molecule has 1 amide bonds. The highest BCUT2D eigenvalue weighted by molar-refractivity contribution is 7.07. The van der Waals surface area contributed by atoms with Crippen LogP contribution < -0.4 is 10.2 Å². The number of carbonyl (C=O) groups is 1. The highest BCUT2D eigenvalue weighted by Crippen LogP contribution is 2.15. The fourth-order valence-corrected chi connectivity index (χ4v) is 3.26. The van der Waals surface area contributed by atoms with E-state index in [1.165, 1.54) is 0 Å². The molecule has 2 aromatic rings. The van der Waals surface area contributed by atoms with Crippen LogP contribution in [-0.2, 0) is 11.2 Å². The van der Waals surface area contributed by atoms with Crippen LogP contribution in [0, 0.1) is 0 Å². The summed E-state index contributed by atoms with van der Waals surface area (Å²) in [6.45, 7) is 1.72. The molecule has 2 aromatic heterocycles. The van der Waals surface area contributed by atoms with Crippen molar-refractivity contribution >= 4 is 23.2 Å². The summed E-state index contributed by atoms with van der Waals surface area (Å²) < 4.78 is 0. The van der Waals surface area contributed by atoms with E-state index in [2.05, 4.69) is 20.2 Å². The van der Waals surface area contributed by atoms with Gasteiger partial charge in [-0.1, -0.05) is 0 Å². The average molecular weight is 302 g/mol. The molecule has 1 aliphatic heterocycles. The van der Waals surface area contributed by atoms with E-state index in [1.807, 2.05) is 22.9 Å². The quantitative estimate of drug-likeness (QED) is 0.936. The van der Waals surface area contributed by atoms with E-state index in [4.69, 9.17) is 0 Å². The molecule has 1 N–H and O–H groups in total. The highest BCUT2D eigenvalue weighted by atomic mass is 32.1. The Balaban J connectivity index is 1.55. The molecule has 0 saturated carbocycles. The van der Waals surface area contributed by atoms with Gasteiger partial charge in [0.05, 0.1) is 6.42 Å². The summed E-state index contributed by atoms with van der Waals surface area (Å²) in [6, 6.07) is 3.98. The van der Waals surface area contributed by atoms with Gasteiger partial charge in [0.25, 0.3) is 0 Å². The molecule has 0 spiro atoms. The summed E-state index contributed by atoms with van der Waals surface area (Å²) >= 11 is 1.62. The largest absolute Gasteiger partial charge is 0.351 e. The van der Waals surface area contributed by atoms with Gasteiger partial charge in [0.15, 0.2) is 0 Å². The van der Waals surface area contributed by atoms with Crippen LogP contribution in [0.3, 0.4) is 0 Å². The van der Waals surface area contributed by atoms with Gasteiger partial charge in [0.1, 0.15) is 0 Å². The maximum atomic E-state index is 12.1. The molecular formula is C15H18N4OS. The van der Waals surface area contributed by atoms with Crippen molar-refractivity contribution in [3.63, 3.8) is 0 Å². The van der Waals surface area contributed by atoms with Crippen molar-refractivity contribution in [1.82, 2.24) is 15.3 Å². The number of nitrogens with one attached hydrogen (secondary N) is 1. The van der Waals surface area contributed by atoms with Gasteiger partial charge in [-0.2, -0.15) is 11.3 Å². The minimum Gasteiger partial charge on any atom is -0.351 e. The molecule has 6 heteroatoms. The van der Waals surface area contributed by atoms with Crippen LogP contribution in [-0.4, -0.2) is 35.0 Å². The number of nitrogens with zero attached hydrogens (tertiary/aromatic N) is 3. The molecule has 21 heavy (non-hydrogen) atoms. The molecule has 3 heterocycles. The van der Waals surface area contributed by atoms with Crippen molar-refractivity contribution in [3.8, 4) is 0 Å². The number of hydrogen-bond acceptors (Lipinski definition) is 5. The zero-order chi connectivity index (χ0) is 14.5. The SMILES string of the molecule is O=C(Cc1ccsc1)N[C@@H]1CCCN(c2ncccn2)C1. The van der Waals surface area contributed by atoms with Crippen LogP contribution in [0.2, 0.25) is 0 Å². The third-order valence-electron chi connectivity index (χ3n) is 3.57. The Kier molecular flexibility index (Phi) is 4.45. The van der Waals surface area contributed by atoms with Gasteiger partial charge in [-0.15, -0.1) is 0 Å². The van der Waals surface area contributed by atoms with E-state index in [0.29, 0.717) is 6.42 Å². The number of amides is 1. The molecule has 0 radical (unpaired) electrons. The first-order valence-corrected chi connectivity index (χ1v) is 8.08. The Morgan fingerprint density at radius 3 is 3.05 bits per heavy atom. The Hall–Kier alpha value is -1.95. The second-order valence-corrected chi connectivity index (χ2v) is 5.99. The molecule has 3 rings (SSSR count). The summed E-state index contributed by atoms with van der Waals surface area (Å²) in [5, 5.41) is 7.14. The van der Waals surface area contributed by atoms with Crippen molar-refractivity contribution in [2.45, 2.75) is 25.3 Å². The molecule has 110 valence electrons. The maximum Gasteiger partial charge on any atom is 0.225 e. The minimum absolute atomic E-state index is 0.0919. The second kappa shape index (κ2) is 6.67. The molecule has 0 unspecified atom stereocenters. The number of carbonyl (C=O) groups excluding carboxylic acids is 1. The van der Waals surface area contributed by atoms with Crippen molar-refractivity contribution < 1.29 is 4.79 Å². The molecular weight excluding hydrogens is 284 g/mol. The third-order valence-corrected chi connectivity index (χ3v) is 4.30. The highest BCUT2D eigenvalue weighted by Gasteiger charge is 2.22. The lowest BCUT2D eigenvalue weighted by Gasteiger charge is -2.33. The van der Waals surface area contributed by atoms with Gasteiger partial charge >= 0.3 is 0 Å². The summed E-state index contributed by atoms with van der Waals surface area (Å²) in [6.07, 6.45) is 6.02. The fraction of sp³-hybridized carbons (Fsp3) is 0.400. The zero-order valence-electron chi connectivity index (χ0n) is 11.7.